The Kier molecular flexibility index (Phi) is 16.0. The largest absolute Gasteiger partial charge is 0.506 e. The van der Waals surface area contributed by atoms with Gasteiger partial charge in [0.05, 0.1) is 16.8 Å². The van der Waals surface area contributed by atoms with E-state index in [2.05, 4.69) is 21.9 Å². The van der Waals surface area contributed by atoms with E-state index < -0.39 is 19.9 Å². The monoisotopic (exact) mass is 651 g/mol. The van der Waals surface area contributed by atoms with E-state index >= 15 is 0 Å². The first-order valence-electron chi connectivity index (χ1n) is 14.0. The van der Waals surface area contributed by atoms with Gasteiger partial charge in [-0.3, -0.25) is 4.72 Å². The van der Waals surface area contributed by atoms with Crippen LogP contribution in [-0.2, 0) is 39.1 Å². The van der Waals surface area contributed by atoms with Crippen LogP contribution < -0.4 is 10.0 Å². The van der Waals surface area contributed by atoms with Crippen LogP contribution in [-0.4, -0.2) is 71.6 Å². The average molecular weight is 653 g/mol. The fourth-order valence-electron chi connectivity index (χ4n) is 5.31. The second-order valence-electron chi connectivity index (χ2n) is 10.8. The molecule has 0 bridgehead atoms. The molecule has 0 aromatic heterocycles. The number of rotatable bonds is 16. The fraction of sp³-hybridized carbons (Fsp3) is 0.586. The number of sulfone groups is 1. The van der Waals surface area contributed by atoms with Gasteiger partial charge in [-0.05, 0) is 112 Å². The zero-order valence-corrected chi connectivity index (χ0v) is 27.7. The van der Waals surface area contributed by atoms with Gasteiger partial charge in [0.25, 0.3) is 0 Å². The van der Waals surface area contributed by atoms with Crippen molar-refractivity contribution in [3.8, 4) is 5.75 Å². The predicted octanol–water partition coefficient (Wildman–Crippen LogP) is 4.97. The molecule has 1 atom stereocenters. The molecule has 3 N–H and O–H groups in total. The first kappa shape index (κ1) is 37.5. The summed E-state index contributed by atoms with van der Waals surface area (Å²) in [6.45, 7) is 6.19. The normalized spacial score (nSPS) is 15.1. The molecule has 0 radical (unpaired) electrons. The Balaban J connectivity index is 0.00000420. The minimum atomic E-state index is -3.45. The highest BCUT2D eigenvalue weighted by atomic mass is 35.5. The summed E-state index contributed by atoms with van der Waals surface area (Å²) >= 11 is 0. The molecule has 2 aromatic rings. The van der Waals surface area contributed by atoms with Crippen molar-refractivity contribution in [2.45, 2.75) is 75.6 Å². The van der Waals surface area contributed by atoms with Gasteiger partial charge in [0.2, 0.25) is 10.0 Å². The van der Waals surface area contributed by atoms with Gasteiger partial charge >= 0.3 is 0 Å². The predicted molar refractivity (Wildman–Crippen MR) is 173 cm³/mol. The fourth-order valence-corrected chi connectivity index (χ4v) is 6.51. The first-order valence-corrected chi connectivity index (χ1v) is 17.8. The number of hydrogen-bond donors (Lipinski definition) is 3. The van der Waals surface area contributed by atoms with Crippen molar-refractivity contribution in [1.82, 2.24) is 10.2 Å². The molecule has 0 aliphatic heterocycles. The Morgan fingerprint density at radius 2 is 1.59 bits per heavy atom. The van der Waals surface area contributed by atoms with E-state index in [0.29, 0.717) is 10.9 Å². The second kappa shape index (κ2) is 17.5. The molecule has 1 aliphatic rings. The van der Waals surface area contributed by atoms with Crippen LogP contribution in [0.25, 0.3) is 0 Å². The standard InChI is InChI=1S/C29H45N3O5S2.2ClH/c1-4-18-32(26-12-11-24-22-29(33)28(21-25(24)20-26)31-39(3,36)37)19-8-6-5-7-16-30-17-15-23-9-13-27(14-10-23)38(2,34)35;;/h9-10,13-14,21-22,26,30-31,33H,4-8,11-12,15-20H2,1-3H3;2*1H/t26-;;/m1../s1. The highest BCUT2D eigenvalue weighted by Gasteiger charge is 2.25. The molecular weight excluding hydrogens is 605 g/mol. The van der Waals surface area contributed by atoms with Crippen LogP contribution in [0, 0.1) is 0 Å². The summed E-state index contributed by atoms with van der Waals surface area (Å²) in [6, 6.07) is 11.1. The summed E-state index contributed by atoms with van der Waals surface area (Å²) in [5.74, 6) is -0.0132. The van der Waals surface area contributed by atoms with Crippen LogP contribution >= 0.6 is 24.8 Å². The highest BCUT2D eigenvalue weighted by Crippen LogP contribution is 2.33. The van der Waals surface area contributed by atoms with Gasteiger partial charge in [-0.15, -0.1) is 24.8 Å². The molecular formula is C29H47Cl2N3O5S2. The van der Waals surface area contributed by atoms with Gasteiger partial charge in [0.1, 0.15) is 5.75 Å². The van der Waals surface area contributed by atoms with E-state index in [1.54, 1.807) is 24.3 Å². The van der Waals surface area contributed by atoms with Crippen molar-refractivity contribution < 1.29 is 21.9 Å². The Hall–Kier alpha value is -1.56. The molecule has 0 fully saturated rings. The van der Waals surface area contributed by atoms with Gasteiger partial charge in [-0.1, -0.05) is 31.9 Å². The minimum absolute atomic E-state index is 0. The van der Waals surface area contributed by atoms with Gasteiger partial charge in [-0.25, -0.2) is 16.8 Å². The van der Waals surface area contributed by atoms with Crippen molar-refractivity contribution in [3.05, 3.63) is 53.1 Å². The smallest absolute Gasteiger partial charge is 0.229 e. The maximum atomic E-state index is 11.7. The van der Waals surface area contributed by atoms with E-state index in [0.717, 1.165) is 94.1 Å². The lowest BCUT2D eigenvalue weighted by atomic mass is 9.86. The third kappa shape index (κ3) is 12.7. The summed E-state index contributed by atoms with van der Waals surface area (Å²) in [7, 11) is -6.60. The van der Waals surface area contributed by atoms with Crippen LogP contribution in [0.1, 0.15) is 62.1 Å². The molecule has 8 nitrogen and oxygen atoms in total. The van der Waals surface area contributed by atoms with Crippen molar-refractivity contribution >= 4 is 50.4 Å². The number of aromatic hydroxyl groups is 1. The maximum Gasteiger partial charge on any atom is 0.229 e. The van der Waals surface area contributed by atoms with Gasteiger partial charge in [0.15, 0.2) is 9.84 Å². The van der Waals surface area contributed by atoms with Gasteiger partial charge < -0.3 is 15.3 Å². The van der Waals surface area contributed by atoms with Crippen molar-refractivity contribution in [2.24, 2.45) is 0 Å². The number of anilines is 1. The average Bonchev–Trinajstić information content (AvgIpc) is 2.86. The zero-order chi connectivity index (χ0) is 28.5. The number of hydrogen-bond acceptors (Lipinski definition) is 7. The van der Waals surface area contributed by atoms with Crippen LogP contribution in [0.15, 0.2) is 41.3 Å². The summed E-state index contributed by atoms with van der Waals surface area (Å²) < 4.78 is 48.9. The molecule has 1 aliphatic carbocycles. The number of phenols is 1. The number of halogens is 2. The van der Waals surface area contributed by atoms with E-state index in [9.17, 15) is 21.9 Å². The molecule has 3 rings (SSSR count). The molecule has 0 amide bonds. The van der Waals surface area contributed by atoms with Crippen LogP contribution in [0.5, 0.6) is 5.75 Å². The lowest BCUT2D eigenvalue weighted by Gasteiger charge is -2.35. The van der Waals surface area contributed by atoms with Crippen molar-refractivity contribution in [1.29, 1.82) is 0 Å². The molecule has 234 valence electrons. The zero-order valence-electron chi connectivity index (χ0n) is 24.4. The molecule has 41 heavy (non-hydrogen) atoms. The van der Waals surface area contributed by atoms with Crippen molar-refractivity contribution in [3.63, 3.8) is 0 Å². The molecule has 0 spiro atoms. The SMILES string of the molecule is CCCN(CCCCCCNCCc1ccc(S(C)(=O)=O)cc1)[C@@H]1CCc2cc(O)c(NS(C)(=O)=O)cc2C1.Cl.Cl. The first-order chi connectivity index (χ1) is 18.5. The summed E-state index contributed by atoms with van der Waals surface area (Å²) in [5.41, 5.74) is 3.62. The molecule has 12 heteroatoms. The number of nitrogens with one attached hydrogen (secondary N) is 2. The number of aryl methyl sites for hydroxylation is 1. The Morgan fingerprint density at radius 3 is 2.22 bits per heavy atom. The summed E-state index contributed by atoms with van der Waals surface area (Å²) in [6.07, 6.45) is 11.8. The molecule has 0 heterocycles. The van der Waals surface area contributed by atoms with E-state index in [1.807, 2.05) is 12.1 Å². The number of fused-ring (bicyclic) bond motifs is 1. The highest BCUT2D eigenvalue weighted by molar-refractivity contribution is 7.92. The molecule has 0 unspecified atom stereocenters. The quantitative estimate of drug-likeness (QED) is 0.173. The van der Waals surface area contributed by atoms with Gasteiger partial charge in [-0.2, -0.15) is 0 Å². The maximum absolute atomic E-state index is 11.7. The van der Waals surface area contributed by atoms with Gasteiger partial charge in [0, 0.05) is 12.3 Å². The number of phenolic OH excluding ortho intramolecular Hbond substituents is 1. The third-order valence-corrected chi connectivity index (χ3v) is 9.05. The summed E-state index contributed by atoms with van der Waals surface area (Å²) in [4.78, 5) is 2.95. The number of sulfonamides is 1. The Labute approximate surface area is 259 Å². The lowest BCUT2D eigenvalue weighted by Crippen LogP contribution is -2.40. The number of benzene rings is 2. The Bertz CT molecular complexity index is 1290. The molecule has 0 saturated heterocycles. The van der Waals surface area contributed by atoms with E-state index in [4.69, 9.17) is 0 Å². The second-order valence-corrected chi connectivity index (χ2v) is 14.5. The van der Waals surface area contributed by atoms with Crippen LogP contribution in [0.2, 0.25) is 0 Å². The molecule has 0 saturated carbocycles. The van der Waals surface area contributed by atoms with Crippen LogP contribution in [0.3, 0.4) is 0 Å². The van der Waals surface area contributed by atoms with E-state index in [-0.39, 0.29) is 36.3 Å². The summed E-state index contributed by atoms with van der Waals surface area (Å²) in [5, 5.41) is 13.7. The van der Waals surface area contributed by atoms with E-state index in [1.165, 1.54) is 19.1 Å². The minimum Gasteiger partial charge on any atom is -0.506 e. The number of unbranched alkanes of at least 4 members (excludes halogenated alkanes) is 3. The Morgan fingerprint density at radius 1 is 0.902 bits per heavy atom. The molecule has 2 aromatic carbocycles. The number of nitrogens with zero attached hydrogens (tertiary/aromatic N) is 1. The lowest BCUT2D eigenvalue weighted by molar-refractivity contribution is 0.176. The van der Waals surface area contributed by atoms with Crippen LogP contribution in [0.4, 0.5) is 5.69 Å². The van der Waals surface area contributed by atoms with Crippen molar-refractivity contribution in [2.75, 3.05) is 43.4 Å². The third-order valence-electron chi connectivity index (χ3n) is 7.33. The topological polar surface area (TPSA) is 116 Å².